The lowest BCUT2D eigenvalue weighted by atomic mass is 9.68. The number of aryl methyl sites for hydroxylation is 1. The molecule has 3 N–H and O–H groups in total. The summed E-state index contributed by atoms with van der Waals surface area (Å²) >= 11 is 0. The van der Waals surface area contributed by atoms with Gasteiger partial charge in [0.1, 0.15) is 6.10 Å². The number of aromatic nitrogens is 2. The minimum Gasteiger partial charge on any atom is -0.386 e. The van der Waals surface area contributed by atoms with Gasteiger partial charge in [0.25, 0.3) is 0 Å². The zero-order valence-corrected chi connectivity index (χ0v) is 10.3. The van der Waals surface area contributed by atoms with Gasteiger partial charge in [-0.1, -0.05) is 6.42 Å². The third-order valence-corrected chi connectivity index (χ3v) is 5.08. The molecule has 4 unspecified atom stereocenters. The van der Waals surface area contributed by atoms with Crippen LogP contribution in [0, 0.1) is 17.3 Å². The van der Waals surface area contributed by atoms with Crippen LogP contribution in [0.15, 0.2) is 12.5 Å². The molecule has 0 amide bonds. The fourth-order valence-electron chi connectivity index (χ4n) is 4.11. The first kappa shape index (κ1) is 11.2. The third-order valence-electron chi connectivity index (χ3n) is 5.08. The maximum Gasteiger partial charge on any atom is 0.103 e. The normalized spacial score (nSPS) is 37.6. The molecule has 0 aromatic carbocycles. The summed E-state index contributed by atoms with van der Waals surface area (Å²) in [6.45, 7) is 0.584. The van der Waals surface area contributed by atoms with E-state index in [0.717, 1.165) is 18.0 Å². The highest BCUT2D eigenvalue weighted by Crippen LogP contribution is 2.60. The number of nitrogens with zero attached hydrogens (tertiary/aromatic N) is 2. The van der Waals surface area contributed by atoms with Crippen molar-refractivity contribution in [3.63, 3.8) is 0 Å². The molecule has 2 aliphatic carbocycles. The van der Waals surface area contributed by atoms with E-state index in [0.29, 0.717) is 12.5 Å². The number of rotatable bonds is 3. The molecule has 94 valence electrons. The van der Waals surface area contributed by atoms with E-state index in [1.54, 1.807) is 12.5 Å². The van der Waals surface area contributed by atoms with E-state index in [9.17, 15) is 5.11 Å². The molecule has 1 aromatic heterocycles. The van der Waals surface area contributed by atoms with Crippen molar-refractivity contribution in [2.75, 3.05) is 6.54 Å². The Bertz CT molecular complexity index is 417. The van der Waals surface area contributed by atoms with Crippen molar-refractivity contribution in [3.05, 3.63) is 18.2 Å². The molecule has 2 fully saturated rings. The summed E-state index contributed by atoms with van der Waals surface area (Å²) in [4.78, 5) is 4.10. The van der Waals surface area contributed by atoms with Crippen LogP contribution in [-0.4, -0.2) is 21.2 Å². The van der Waals surface area contributed by atoms with Crippen LogP contribution < -0.4 is 5.73 Å². The summed E-state index contributed by atoms with van der Waals surface area (Å²) in [5.41, 5.74) is 6.83. The second kappa shape index (κ2) is 3.82. The Balaban J connectivity index is 1.94. The molecule has 0 saturated heterocycles. The topological polar surface area (TPSA) is 64.1 Å². The van der Waals surface area contributed by atoms with Crippen molar-refractivity contribution in [1.29, 1.82) is 0 Å². The van der Waals surface area contributed by atoms with Crippen molar-refractivity contribution in [1.82, 2.24) is 9.55 Å². The molecule has 2 aliphatic rings. The summed E-state index contributed by atoms with van der Waals surface area (Å²) in [6.07, 6.45) is 7.95. The molecular formula is C13H21N3O. The zero-order valence-electron chi connectivity index (χ0n) is 10.3. The van der Waals surface area contributed by atoms with Crippen LogP contribution >= 0.6 is 0 Å². The van der Waals surface area contributed by atoms with Gasteiger partial charge in [-0.15, -0.1) is 0 Å². The largest absolute Gasteiger partial charge is 0.386 e. The fraction of sp³-hybridized carbons (Fsp3) is 0.769. The van der Waals surface area contributed by atoms with Crippen LogP contribution in [0.1, 0.15) is 37.5 Å². The molecule has 1 heterocycles. The molecule has 1 aromatic rings. The Hall–Kier alpha value is -0.870. The van der Waals surface area contributed by atoms with Gasteiger partial charge in [0.05, 0.1) is 18.2 Å². The molecule has 0 radical (unpaired) electrons. The molecule has 4 nitrogen and oxygen atoms in total. The first-order chi connectivity index (χ1) is 8.17. The van der Waals surface area contributed by atoms with Crippen LogP contribution in [0.2, 0.25) is 0 Å². The number of aliphatic hydroxyl groups is 1. The van der Waals surface area contributed by atoms with Crippen molar-refractivity contribution in [2.45, 2.75) is 31.8 Å². The van der Waals surface area contributed by atoms with E-state index in [1.165, 1.54) is 19.3 Å². The van der Waals surface area contributed by atoms with Gasteiger partial charge >= 0.3 is 0 Å². The summed E-state index contributed by atoms with van der Waals surface area (Å²) in [5, 5.41) is 10.7. The summed E-state index contributed by atoms with van der Waals surface area (Å²) in [5.74, 6) is 1.38. The quantitative estimate of drug-likeness (QED) is 0.828. The Morgan fingerprint density at radius 2 is 2.47 bits per heavy atom. The van der Waals surface area contributed by atoms with Gasteiger partial charge in [-0.25, -0.2) is 4.98 Å². The van der Waals surface area contributed by atoms with Crippen molar-refractivity contribution in [3.8, 4) is 0 Å². The third kappa shape index (κ3) is 1.47. The van der Waals surface area contributed by atoms with Gasteiger partial charge in [0.15, 0.2) is 0 Å². The minimum atomic E-state index is -0.463. The fourth-order valence-corrected chi connectivity index (χ4v) is 4.11. The summed E-state index contributed by atoms with van der Waals surface area (Å²) < 4.78 is 1.91. The second-order valence-corrected chi connectivity index (χ2v) is 5.85. The van der Waals surface area contributed by atoms with E-state index in [2.05, 4.69) is 4.98 Å². The predicted octanol–water partition coefficient (Wildman–Crippen LogP) is 1.22. The molecule has 3 rings (SSSR count). The van der Waals surface area contributed by atoms with Crippen LogP contribution in [0.4, 0.5) is 0 Å². The van der Waals surface area contributed by atoms with Crippen LogP contribution in [-0.2, 0) is 7.05 Å². The highest BCUT2D eigenvalue weighted by Gasteiger charge is 2.54. The second-order valence-electron chi connectivity index (χ2n) is 5.85. The maximum absolute atomic E-state index is 10.7. The van der Waals surface area contributed by atoms with Gasteiger partial charge in [-0.3, -0.25) is 0 Å². The van der Waals surface area contributed by atoms with Gasteiger partial charge in [0, 0.05) is 19.0 Å². The van der Waals surface area contributed by atoms with E-state index < -0.39 is 6.10 Å². The first-order valence-corrected chi connectivity index (χ1v) is 6.51. The van der Waals surface area contributed by atoms with Crippen molar-refractivity contribution >= 4 is 0 Å². The van der Waals surface area contributed by atoms with Gasteiger partial charge in [-0.2, -0.15) is 0 Å². The van der Waals surface area contributed by atoms with Gasteiger partial charge in [0.2, 0.25) is 0 Å². The zero-order chi connectivity index (χ0) is 12.0. The Morgan fingerprint density at radius 3 is 2.94 bits per heavy atom. The monoisotopic (exact) mass is 235 g/mol. The number of fused-ring (bicyclic) bond motifs is 2. The van der Waals surface area contributed by atoms with Gasteiger partial charge in [-0.05, 0) is 31.1 Å². The van der Waals surface area contributed by atoms with Crippen LogP contribution in [0.5, 0.6) is 0 Å². The molecule has 2 bridgehead atoms. The first-order valence-electron chi connectivity index (χ1n) is 6.51. The Morgan fingerprint density at radius 1 is 1.65 bits per heavy atom. The summed E-state index contributed by atoms with van der Waals surface area (Å²) in [7, 11) is 1.93. The highest BCUT2D eigenvalue weighted by molar-refractivity contribution is 5.13. The molecular weight excluding hydrogens is 214 g/mol. The lowest BCUT2D eigenvalue weighted by Crippen LogP contribution is -2.41. The molecule has 0 spiro atoms. The highest BCUT2D eigenvalue weighted by atomic mass is 16.3. The molecule has 2 saturated carbocycles. The smallest absolute Gasteiger partial charge is 0.103 e. The van der Waals surface area contributed by atoms with Crippen LogP contribution in [0.3, 0.4) is 0 Å². The Labute approximate surface area is 102 Å². The molecule has 0 aliphatic heterocycles. The molecule has 4 atom stereocenters. The maximum atomic E-state index is 10.7. The number of nitrogens with two attached hydrogens (primary N) is 1. The minimum absolute atomic E-state index is 0.100. The van der Waals surface area contributed by atoms with Crippen LogP contribution in [0.25, 0.3) is 0 Å². The molecule has 4 heteroatoms. The van der Waals surface area contributed by atoms with E-state index >= 15 is 0 Å². The SMILES string of the molecule is Cn1cncc1C(O)C1(CN)CC2CCC1C2. The Kier molecular flexibility index (Phi) is 2.52. The van der Waals surface area contributed by atoms with E-state index in [-0.39, 0.29) is 5.41 Å². The standard InChI is InChI=1S/C13H21N3O/c1-16-8-15-6-11(16)12(17)13(7-14)5-9-2-3-10(13)4-9/h6,8-10,12,17H,2-5,7,14H2,1H3. The molecule has 17 heavy (non-hydrogen) atoms. The lowest BCUT2D eigenvalue weighted by Gasteiger charge is -2.40. The number of imidazole rings is 1. The average Bonchev–Trinajstić information content (AvgIpc) is 3.02. The van der Waals surface area contributed by atoms with E-state index in [1.807, 2.05) is 11.6 Å². The number of aliphatic hydroxyl groups excluding tert-OH is 1. The summed E-state index contributed by atoms with van der Waals surface area (Å²) in [6, 6.07) is 0. The van der Waals surface area contributed by atoms with E-state index in [4.69, 9.17) is 5.73 Å². The van der Waals surface area contributed by atoms with Gasteiger partial charge < -0.3 is 15.4 Å². The number of hydrogen-bond acceptors (Lipinski definition) is 3. The average molecular weight is 235 g/mol. The van der Waals surface area contributed by atoms with Crippen molar-refractivity contribution < 1.29 is 5.11 Å². The van der Waals surface area contributed by atoms with Crippen molar-refractivity contribution in [2.24, 2.45) is 30.0 Å². The predicted molar refractivity (Wildman–Crippen MR) is 65.1 cm³/mol. The number of hydrogen-bond donors (Lipinski definition) is 2. The lowest BCUT2D eigenvalue weighted by molar-refractivity contribution is -0.0173.